The summed E-state index contributed by atoms with van der Waals surface area (Å²) in [5.41, 5.74) is 1.48. The minimum absolute atomic E-state index is 0.193. The number of carbonyl (C=O) groups excluding carboxylic acids is 1. The third-order valence-electron chi connectivity index (χ3n) is 4.16. The largest absolute Gasteiger partial charge is 0.355 e. The molecular weight excluding hydrogens is 324 g/mol. The molecule has 1 fully saturated rings. The van der Waals surface area contributed by atoms with Crippen molar-refractivity contribution in [2.75, 3.05) is 24.5 Å². The van der Waals surface area contributed by atoms with E-state index in [2.05, 4.69) is 20.2 Å². The molecule has 6 heteroatoms. The predicted octanol–water partition coefficient (Wildman–Crippen LogP) is 3.09. The van der Waals surface area contributed by atoms with Crippen molar-refractivity contribution in [3.8, 4) is 0 Å². The summed E-state index contributed by atoms with van der Waals surface area (Å²) in [5, 5.41) is 3.59. The van der Waals surface area contributed by atoms with Gasteiger partial charge in [-0.05, 0) is 43.4 Å². The fraction of sp³-hybridized carbons (Fsp3) is 0.389. The molecule has 24 heavy (non-hydrogen) atoms. The summed E-state index contributed by atoms with van der Waals surface area (Å²) in [7, 11) is 0. The van der Waals surface area contributed by atoms with Gasteiger partial charge in [0.2, 0.25) is 0 Å². The molecular formula is C18H21ClN4O. The predicted molar refractivity (Wildman–Crippen MR) is 95.6 cm³/mol. The molecule has 0 spiro atoms. The lowest BCUT2D eigenvalue weighted by Crippen LogP contribution is -2.31. The normalized spacial score (nSPS) is 14.5. The summed E-state index contributed by atoms with van der Waals surface area (Å²) in [4.78, 5) is 23.0. The SMILES string of the molecule is O=C(NCCc1ccc(Cl)cc1)c1cnc(N2CCCCC2)cn1. The van der Waals surface area contributed by atoms with Crippen LogP contribution in [0.25, 0.3) is 0 Å². The first kappa shape index (κ1) is 16.7. The summed E-state index contributed by atoms with van der Waals surface area (Å²) >= 11 is 5.86. The second-order valence-corrected chi connectivity index (χ2v) is 6.38. The molecule has 126 valence electrons. The van der Waals surface area contributed by atoms with Gasteiger partial charge in [-0.2, -0.15) is 0 Å². The molecule has 1 saturated heterocycles. The van der Waals surface area contributed by atoms with E-state index in [1.54, 1.807) is 12.4 Å². The Kier molecular flexibility index (Phi) is 5.64. The lowest BCUT2D eigenvalue weighted by atomic mass is 10.1. The molecule has 2 heterocycles. The maximum atomic E-state index is 12.1. The summed E-state index contributed by atoms with van der Waals surface area (Å²) in [6.45, 7) is 2.58. The lowest BCUT2D eigenvalue weighted by Gasteiger charge is -2.27. The Hall–Kier alpha value is -2.14. The Morgan fingerprint density at radius 2 is 1.83 bits per heavy atom. The van der Waals surface area contributed by atoms with E-state index in [0.717, 1.165) is 30.9 Å². The number of benzene rings is 1. The van der Waals surface area contributed by atoms with Gasteiger partial charge in [-0.3, -0.25) is 4.79 Å². The van der Waals surface area contributed by atoms with Gasteiger partial charge in [0.25, 0.3) is 5.91 Å². The third-order valence-corrected chi connectivity index (χ3v) is 4.42. The number of carbonyl (C=O) groups is 1. The Labute approximate surface area is 147 Å². The van der Waals surface area contributed by atoms with Crippen molar-refractivity contribution in [1.29, 1.82) is 0 Å². The highest BCUT2D eigenvalue weighted by atomic mass is 35.5. The van der Waals surface area contributed by atoms with Gasteiger partial charge in [0.1, 0.15) is 11.5 Å². The molecule has 1 aromatic carbocycles. The highest BCUT2D eigenvalue weighted by molar-refractivity contribution is 6.30. The minimum Gasteiger partial charge on any atom is -0.355 e. The van der Waals surface area contributed by atoms with Crippen LogP contribution in [-0.4, -0.2) is 35.5 Å². The Bertz CT molecular complexity index is 666. The molecule has 1 aliphatic heterocycles. The Morgan fingerprint density at radius 3 is 2.50 bits per heavy atom. The van der Waals surface area contributed by atoms with E-state index in [0.29, 0.717) is 17.3 Å². The number of anilines is 1. The van der Waals surface area contributed by atoms with Crippen LogP contribution in [0, 0.1) is 0 Å². The molecule has 0 bridgehead atoms. The van der Waals surface area contributed by atoms with Crippen molar-refractivity contribution in [2.45, 2.75) is 25.7 Å². The highest BCUT2D eigenvalue weighted by Crippen LogP contribution is 2.16. The molecule has 1 N–H and O–H groups in total. The van der Waals surface area contributed by atoms with E-state index in [9.17, 15) is 4.79 Å². The average Bonchev–Trinajstić information content (AvgIpc) is 2.64. The quantitative estimate of drug-likeness (QED) is 0.905. The Balaban J connectivity index is 1.50. The van der Waals surface area contributed by atoms with Gasteiger partial charge in [0, 0.05) is 24.7 Å². The number of amides is 1. The van der Waals surface area contributed by atoms with Crippen molar-refractivity contribution >= 4 is 23.3 Å². The fourth-order valence-electron chi connectivity index (χ4n) is 2.79. The van der Waals surface area contributed by atoms with Gasteiger partial charge in [-0.15, -0.1) is 0 Å². The van der Waals surface area contributed by atoms with Gasteiger partial charge in [-0.25, -0.2) is 9.97 Å². The lowest BCUT2D eigenvalue weighted by molar-refractivity contribution is 0.0949. The third kappa shape index (κ3) is 4.45. The van der Waals surface area contributed by atoms with Crippen LogP contribution in [0.1, 0.15) is 35.3 Å². The topological polar surface area (TPSA) is 58.1 Å². The number of piperidine rings is 1. The van der Waals surface area contributed by atoms with Gasteiger partial charge >= 0.3 is 0 Å². The molecule has 1 amide bonds. The number of rotatable bonds is 5. The molecule has 5 nitrogen and oxygen atoms in total. The molecule has 0 aliphatic carbocycles. The molecule has 0 unspecified atom stereocenters. The molecule has 1 aromatic heterocycles. The zero-order valence-corrected chi connectivity index (χ0v) is 14.3. The van der Waals surface area contributed by atoms with Crippen LogP contribution in [-0.2, 0) is 6.42 Å². The summed E-state index contributed by atoms with van der Waals surface area (Å²) in [5.74, 6) is 0.661. The first-order chi connectivity index (χ1) is 11.7. The molecule has 1 aliphatic rings. The number of nitrogens with one attached hydrogen (secondary N) is 1. The number of hydrogen-bond donors (Lipinski definition) is 1. The number of hydrogen-bond acceptors (Lipinski definition) is 4. The first-order valence-corrected chi connectivity index (χ1v) is 8.70. The van der Waals surface area contributed by atoms with E-state index < -0.39 is 0 Å². The molecule has 2 aromatic rings. The van der Waals surface area contributed by atoms with Crippen LogP contribution in [0.4, 0.5) is 5.82 Å². The van der Waals surface area contributed by atoms with Crippen LogP contribution < -0.4 is 10.2 Å². The maximum Gasteiger partial charge on any atom is 0.271 e. The van der Waals surface area contributed by atoms with E-state index in [1.165, 1.54) is 19.3 Å². The molecule has 0 saturated carbocycles. The summed E-state index contributed by atoms with van der Waals surface area (Å²) in [6.07, 6.45) is 7.66. The highest BCUT2D eigenvalue weighted by Gasteiger charge is 2.14. The van der Waals surface area contributed by atoms with E-state index in [1.807, 2.05) is 24.3 Å². The summed E-state index contributed by atoms with van der Waals surface area (Å²) < 4.78 is 0. The second kappa shape index (κ2) is 8.11. The number of nitrogens with zero attached hydrogens (tertiary/aromatic N) is 3. The van der Waals surface area contributed by atoms with Crippen LogP contribution in [0.3, 0.4) is 0 Å². The van der Waals surface area contributed by atoms with Gasteiger partial charge in [0.05, 0.1) is 12.4 Å². The smallest absolute Gasteiger partial charge is 0.271 e. The van der Waals surface area contributed by atoms with Crippen molar-refractivity contribution in [2.24, 2.45) is 0 Å². The van der Waals surface area contributed by atoms with Crippen LogP contribution in [0.5, 0.6) is 0 Å². The Morgan fingerprint density at radius 1 is 1.08 bits per heavy atom. The maximum absolute atomic E-state index is 12.1. The van der Waals surface area contributed by atoms with E-state index >= 15 is 0 Å². The minimum atomic E-state index is -0.193. The second-order valence-electron chi connectivity index (χ2n) is 5.94. The fourth-order valence-corrected chi connectivity index (χ4v) is 2.91. The summed E-state index contributed by atoms with van der Waals surface area (Å²) in [6, 6.07) is 7.62. The van der Waals surface area contributed by atoms with E-state index in [4.69, 9.17) is 11.6 Å². The monoisotopic (exact) mass is 344 g/mol. The van der Waals surface area contributed by atoms with Crippen molar-refractivity contribution in [3.05, 3.63) is 52.9 Å². The van der Waals surface area contributed by atoms with E-state index in [-0.39, 0.29) is 5.91 Å². The van der Waals surface area contributed by atoms with Crippen molar-refractivity contribution < 1.29 is 4.79 Å². The first-order valence-electron chi connectivity index (χ1n) is 8.32. The van der Waals surface area contributed by atoms with Gasteiger partial charge in [-0.1, -0.05) is 23.7 Å². The number of halogens is 1. The standard InChI is InChI=1S/C18H21ClN4O/c19-15-6-4-14(5-7-15)8-9-20-18(24)16-12-22-17(13-21-16)23-10-2-1-3-11-23/h4-7,12-13H,1-3,8-11H2,(H,20,24). The zero-order valence-electron chi connectivity index (χ0n) is 13.5. The van der Waals surface area contributed by atoms with Crippen LogP contribution in [0.2, 0.25) is 5.02 Å². The van der Waals surface area contributed by atoms with Gasteiger partial charge in [0.15, 0.2) is 0 Å². The van der Waals surface area contributed by atoms with Crippen LogP contribution >= 0.6 is 11.6 Å². The molecule has 0 radical (unpaired) electrons. The van der Waals surface area contributed by atoms with Crippen LogP contribution in [0.15, 0.2) is 36.7 Å². The number of aromatic nitrogens is 2. The average molecular weight is 345 g/mol. The van der Waals surface area contributed by atoms with Gasteiger partial charge < -0.3 is 10.2 Å². The molecule has 3 rings (SSSR count). The molecule has 0 atom stereocenters. The zero-order chi connectivity index (χ0) is 16.8. The van der Waals surface area contributed by atoms with Crippen molar-refractivity contribution in [3.63, 3.8) is 0 Å². The van der Waals surface area contributed by atoms with Crippen molar-refractivity contribution in [1.82, 2.24) is 15.3 Å².